The molecule has 0 aromatic carbocycles. The molecule has 1 unspecified atom stereocenters. The molecule has 0 radical (unpaired) electrons. The maximum absolute atomic E-state index is 2.57. The molecule has 0 saturated heterocycles. The Morgan fingerprint density at radius 2 is 0.964 bits per heavy atom. The first-order valence-corrected chi connectivity index (χ1v) is 12.9. The molecule has 0 fully saturated rings. The van der Waals surface area contributed by atoms with Gasteiger partial charge in [0.2, 0.25) is 0 Å². The zero-order chi connectivity index (χ0) is 20.5. The largest absolute Gasteiger partial charge is 0.356 e. The van der Waals surface area contributed by atoms with Crippen LogP contribution in [0.4, 0.5) is 0 Å². The number of hydrogen-bond donors (Lipinski definition) is 0. The van der Waals surface area contributed by atoms with Gasteiger partial charge in [0.25, 0.3) is 0 Å². The van der Waals surface area contributed by atoms with E-state index in [2.05, 4.69) is 49.9 Å². The van der Waals surface area contributed by atoms with E-state index in [1.54, 1.807) is 0 Å². The van der Waals surface area contributed by atoms with Gasteiger partial charge in [-0.3, -0.25) is 0 Å². The molecule has 166 valence electrons. The average molecular weight is 393 g/mol. The lowest BCUT2D eigenvalue weighted by atomic mass is 10.0. The fourth-order valence-electron chi connectivity index (χ4n) is 4.65. The Bertz CT molecular complexity index is 363. The van der Waals surface area contributed by atoms with E-state index in [0.29, 0.717) is 12.1 Å². The van der Waals surface area contributed by atoms with Crippen molar-refractivity contribution in [1.82, 2.24) is 9.80 Å². The van der Waals surface area contributed by atoms with Crippen molar-refractivity contribution in [3.63, 3.8) is 0 Å². The third-order valence-corrected chi connectivity index (χ3v) is 6.36. The van der Waals surface area contributed by atoms with Crippen molar-refractivity contribution in [3.8, 4) is 0 Å². The Morgan fingerprint density at radius 1 is 0.571 bits per heavy atom. The molecule has 0 aromatic rings. The van der Waals surface area contributed by atoms with Gasteiger partial charge >= 0.3 is 0 Å². The summed E-state index contributed by atoms with van der Waals surface area (Å²) >= 11 is 0. The molecule has 1 aliphatic rings. The van der Waals surface area contributed by atoms with Gasteiger partial charge in [0.05, 0.1) is 0 Å². The molecular formula is C26H52N2. The molecule has 0 aromatic heterocycles. The lowest BCUT2D eigenvalue weighted by Gasteiger charge is -2.35. The molecule has 0 bridgehead atoms. The fourth-order valence-corrected chi connectivity index (χ4v) is 4.65. The Balaban J connectivity index is 1.84. The molecule has 1 aliphatic heterocycles. The molecule has 28 heavy (non-hydrogen) atoms. The van der Waals surface area contributed by atoms with Gasteiger partial charge in [-0.25, -0.2) is 0 Å². The molecule has 0 amide bonds. The summed E-state index contributed by atoms with van der Waals surface area (Å²) in [5, 5.41) is 0. The van der Waals surface area contributed by atoms with Gasteiger partial charge in [-0.2, -0.15) is 0 Å². The Kier molecular flexibility index (Phi) is 15.6. The highest BCUT2D eigenvalue weighted by molar-refractivity contribution is 4.97. The highest BCUT2D eigenvalue weighted by atomic mass is 15.4. The van der Waals surface area contributed by atoms with Crippen LogP contribution in [0.25, 0.3) is 0 Å². The van der Waals surface area contributed by atoms with Crippen LogP contribution in [-0.4, -0.2) is 29.1 Å². The standard InChI is InChI=1S/C26H52N2/c1-5-7-8-9-10-11-12-13-14-15-16-17-18-19-20-21-22-28-24-23-27(6-2)26(28)25(3)4/h23-26H,5-22H2,1-4H3. The summed E-state index contributed by atoms with van der Waals surface area (Å²) in [7, 11) is 0. The summed E-state index contributed by atoms with van der Waals surface area (Å²) < 4.78 is 0. The second kappa shape index (κ2) is 17.2. The molecule has 2 nitrogen and oxygen atoms in total. The summed E-state index contributed by atoms with van der Waals surface area (Å²) in [5.41, 5.74) is 0. The summed E-state index contributed by atoms with van der Waals surface area (Å²) in [5.74, 6) is 0.691. The summed E-state index contributed by atoms with van der Waals surface area (Å²) in [6.45, 7) is 11.6. The van der Waals surface area contributed by atoms with E-state index in [-0.39, 0.29) is 0 Å². The van der Waals surface area contributed by atoms with Crippen LogP contribution in [0.5, 0.6) is 0 Å². The maximum Gasteiger partial charge on any atom is 0.103 e. The van der Waals surface area contributed by atoms with Crippen LogP contribution in [-0.2, 0) is 0 Å². The van der Waals surface area contributed by atoms with Crippen molar-refractivity contribution >= 4 is 0 Å². The van der Waals surface area contributed by atoms with E-state index in [9.17, 15) is 0 Å². The quantitative estimate of drug-likeness (QED) is 0.204. The minimum atomic E-state index is 0.585. The van der Waals surface area contributed by atoms with Crippen LogP contribution in [0.2, 0.25) is 0 Å². The lowest BCUT2D eigenvalue weighted by molar-refractivity contribution is 0.110. The maximum atomic E-state index is 2.57. The minimum Gasteiger partial charge on any atom is -0.356 e. The molecule has 1 atom stereocenters. The normalized spacial score (nSPS) is 16.7. The van der Waals surface area contributed by atoms with Gasteiger partial charge in [0, 0.05) is 25.5 Å². The van der Waals surface area contributed by atoms with Crippen LogP contribution >= 0.6 is 0 Å². The summed E-state index contributed by atoms with van der Waals surface area (Å²) in [6, 6.07) is 0. The number of rotatable bonds is 19. The molecule has 0 N–H and O–H groups in total. The minimum absolute atomic E-state index is 0.585. The number of nitrogens with zero attached hydrogens (tertiary/aromatic N) is 2. The van der Waals surface area contributed by atoms with Gasteiger partial charge < -0.3 is 9.80 Å². The van der Waals surface area contributed by atoms with Crippen molar-refractivity contribution in [2.24, 2.45) is 5.92 Å². The van der Waals surface area contributed by atoms with Crippen LogP contribution in [0.1, 0.15) is 130 Å². The van der Waals surface area contributed by atoms with Crippen molar-refractivity contribution in [3.05, 3.63) is 12.4 Å². The first kappa shape index (κ1) is 25.4. The van der Waals surface area contributed by atoms with Gasteiger partial charge in [0.15, 0.2) is 0 Å². The highest BCUT2D eigenvalue weighted by Crippen LogP contribution is 2.23. The highest BCUT2D eigenvalue weighted by Gasteiger charge is 2.27. The van der Waals surface area contributed by atoms with Crippen molar-refractivity contribution in [2.45, 2.75) is 137 Å². The second-order valence-corrected chi connectivity index (χ2v) is 9.33. The Hall–Kier alpha value is -0.660. The van der Waals surface area contributed by atoms with E-state index in [4.69, 9.17) is 0 Å². The SMILES string of the molecule is CCCCCCCCCCCCCCCCCCN1C=CN(CC)C1C(C)C. The van der Waals surface area contributed by atoms with Crippen molar-refractivity contribution in [1.29, 1.82) is 0 Å². The zero-order valence-electron chi connectivity index (χ0n) is 19.9. The lowest BCUT2D eigenvalue weighted by Crippen LogP contribution is -2.42. The van der Waals surface area contributed by atoms with Crippen LogP contribution < -0.4 is 0 Å². The third-order valence-electron chi connectivity index (χ3n) is 6.36. The van der Waals surface area contributed by atoms with Crippen molar-refractivity contribution in [2.75, 3.05) is 13.1 Å². The summed E-state index contributed by atoms with van der Waals surface area (Å²) in [4.78, 5) is 5.05. The number of hydrogen-bond acceptors (Lipinski definition) is 2. The summed E-state index contributed by atoms with van der Waals surface area (Å²) in [6.07, 6.45) is 28.3. The van der Waals surface area contributed by atoms with E-state index < -0.39 is 0 Å². The van der Waals surface area contributed by atoms with Gasteiger partial charge in [-0.05, 0) is 19.3 Å². The van der Waals surface area contributed by atoms with Gasteiger partial charge in [-0.15, -0.1) is 0 Å². The molecule has 0 aliphatic carbocycles. The molecule has 0 saturated carbocycles. The predicted molar refractivity (Wildman–Crippen MR) is 126 cm³/mol. The zero-order valence-corrected chi connectivity index (χ0v) is 19.9. The Labute approximate surface area is 178 Å². The first-order valence-electron chi connectivity index (χ1n) is 12.9. The first-order chi connectivity index (χ1) is 13.7. The Morgan fingerprint density at radius 3 is 1.36 bits per heavy atom. The topological polar surface area (TPSA) is 6.48 Å². The van der Waals surface area contributed by atoms with E-state index >= 15 is 0 Å². The van der Waals surface area contributed by atoms with Crippen molar-refractivity contribution < 1.29 is 0 Å². The van der Waals surface area contributed by atoms with E-state index in [1.165, 1.54) is 109 Å². The van der Waals surface area contributed by atoms with Gasteiger partial charge in [0.1, 0.15) is 6.17 Å². The fraction of sp³-hybridized carbons (Fsp3) is 0.923. The molecule has 1 heterocycles. The van der Waals surface area contributed by atoms with Crippen LogP contribution in [0, 0.1) is 5.92 Å². The smallest absolute Gasteiger partial charge is 0.103 e. The molecular weight excluding hydrogens is 340 g/mol. The molecule has 0 spiro atoms. The molecule has 2 heteroatoms. The number of unbranched alkanes of at least 4 members (excludes halogenated alkanes) is 15. The third kappa shape index (κ3) is 11.4. The second-order valence-electron chi connectivity index (χ2n) is 9.33. The van der Waals surface area contributed by atoms with Crippen LogP contribution in [0.3, 0.4) is 0 Å². The van der Waals surface area contributed by atoms with E-state index in [1.807, 2.05) is 0 Å². The average Bonchev–Trinajstić information content (AvgIpc) is 3.11. The predicted octanol–water partition coefficient (Wildman–Crippen LogP) is 8.34. The monoisotopic (exact) mass is 392 g/mol. The van der Waals surface area contributed by atoms with Gasteiger partial charge in [-0.1, -0.05) is 117 Å². The van der Waals surface area contributed by atoms with E-state index in [0.717, 1.165) is 6.54 Å². The van der Waals surface area contributed by atoms with Crippen LogP contribution in [0.15, 0.2) is 12.4 Å². The molecule has 1 rings (SSSR count).